The number of aromatic amines is 1. The number of para-hydroxylation sites is 2. The fraction of sp³-hybridized carbons (Fsp3) is 0.300. The number of halogens is 1. The third-order valence-electron chi connectivity index (χ3n) is 4.79. The van der Waals surface area contributed by atoms with Gasteiger partial charge in [0.25, 0.3) is 5.91 Å². The van der Waals surface area contributed by atoms with Crippen molar-refractivity contribution in [3.05, 3.63) is 58.9 Å². The van der Waals surface area contributed by atoms with Crippen LogP contribution in [0.2, 0.25) is 5.02 Å². The van der Waals surface area contributed by atoms with Gasteiger partial charge in [0, 0.05) is 11.6 Å². The SMILES string of the molecule is Cc1cc(OCC(=O)N2CCC[C@H]2c2nc3ccccc3[nH]2)ccc1Cl. The van der Waals surface area contributed by atoms with E-state index in [1.165, 1.54) is 0 Å². The first-order chi connectivity index (χ1) is 12.6. The highest BCUT2D eigenvalue weighted by Crippen LogP contribution is 2.31. The number of benzene rings is 2. The molecule has 0 spiro atoms. The van der Waals surface area contributed by atoms with Crippen LogP contribution in [0.4, 0.5) is 0 Å². The Bertz CT molecular complexity index is 920. The van der Waals surface area contributed by atoms with Gasteiger partial charge in [-0.05, 0) is 55.7 Å². The van der Waals surface area contributed by atoms with Crippen molar-refractivity contribution < 1.29 is 9.53 Å². The minimum Gasteiger partial charge on any atom is -0.484 e. The maximum absolute atomic E-state index is 12.7. The van der Waals surface area contributed by atoms with E-state index in [2.05, 4.69) is 9.97 Å². The van der Waals surface area contributed by atoms with E-state index < -0.39 is 0 Å². The lowest BCUT2D eigenvalue weighted by Gasteiger charge is -2.23. The zero-order valence-electron chi connectivity index (χ0n) is 14.5. The fourth-order valence-electron chi connectivity index (χ4n) is 3.41. The first-order valence-corrected chi connectivity index (χ1v) is 9.12. The summed E-state index contributed by atoms with van der Waals surface area (Å²) in [5.41, 5.74) is 2.85. The highest BCUT2D eigenvalue weighted by Gasteiger charge is 2.32. The topological polar surface area (TPSA) is 58.2 Å². The summed E-state index contributed by atoms with van der Waals surface area (Å²) >= 11 is 6.03. The van der Waals surface area contributed by atoms with Gasteiger partial charge in [0.05, 0.1) is 17.1 Å². The average molecular weight is 370 g/mol. The summed E-state index contributed by atoms with van der Waals surface area (Å²) in [4.78, 5) is 22.6. The van der Waals surface area contributed by atoms with Crippen LogP contribution in [-0.2, 0) is 4.79 Å². The molecule has 1 saturated heterocycles. The summed E-state index contributed by atoms with van der Waals surface area (Å²) in [5.74, 6) is 1.47. The number of aryl methyl sites for hydroxylation is 1. The molecule has 134 valence electrons. The lowest BCUT2D eigenvalue weighted by Crippen LogP contribution is -2.34. The van der Waals surface area contributed by atoms with Crippen LogP contribution in [0.15, 0.2) is 42.5 Å². The van der Waals surface area contributed by atoms with E-state index in [0.29, 0.717) is 10.8 Å². The Kier molecular flexibility index (Phi) is 4.55. The number of nitrogens with zero attached hydrogens (tertiary/aromatic N) is 2. The monoisotopic (exact) mass is 369 g/mol. The molecule has 5 nitrogen and oxygen atoms in total. The number of amides is 1. The van der Waals surface area contributed by atoms with Gasteiger partial charge in [0.15, 0.2) is 6.61 Å². The molecule has 4 rings (SSSR count). The Morgan fingerprint density at radius 3 is 3.00 bits per heavy atom. The predicted molar refractivity (Wildman–Crippen MR) is 101 cm³/mol. The summed E-state index contributed by atoms with van der Waals surface area (Å²) in [7, 11) is 0. The van der Waals surface area contributed by atoms with Gasteiger partial charge in [-0.3, -0.25) is 4.79 Å². The molecular weight excluding hydrogens is 350 g/mol. The summed E-state index contributed by atoms with van der Waals surface area (Å²) in [6.45, 7) is 2.65. The largest absolute Gasteiger partial charge is 0.484 e. The number of hydrogen-bond acceptors (Lipinski definition) is 3. The molecule has 2 heterocycles. The smallest absolute Gasteiger partial charge is 0.261 e. The zero-order chi connectivity index (χ0) is 18.1. The minimum atomic E-state index is -0.0273. The molecule has 0 unspecified atom stereocenters. The Hall–Kier alpha value is -2.53. The van der Waals surface area contributed by atoms with Crippen LogP contribution in [0.25, 0.3) is 11.0 Å². The van der Waals surface area contributed by atoms with Gasteiger partial charge >= 0.3 is 0 Å². The zero-order valence-corrected chi connectivity index (χ0v) is 15.3. The molecular formula is C20H20ClN3O2. The predicted octanol–water partition coefficient (Wildman–Crippen LogP) is 4.27. The molecule has 2 aromatic carbocycles. The van der Waals surface area contributed by atoms with Crippen LogP contribution in [0.3, 0.4) is 0 Å². The highest BCUT2D eigenvalue weighted by molar-refractivity contribution is 6.31. The van der Waals surface area contributed by atoms with E-state index in [1.807, 2.05) is 42.2 Å². The van der Waals surface area contributed by atoms with Gasteiger partial charge in [0.2, 0.25) is 0 Å². The summed E-state index contributed by atoms with van der Waals surface area (Å²) in [6.07, 6.45) is 1.87. The van der Waals surface area contributed by atoms with Gasteiger partial charge in [-0.25, -0.2) is 4.98 Å². The van der Waals surface area contributed by atoms with Gasteiger partial charge < -0.3 is 14.6 Å². The molecule has 1 N–H and O–H groups in total. The second kappa shape index (κ2) is 7.00. The van der Waals surface area contributed by atoms with E-state index in [0.717, 1.165) is 41.8 Å². The van der Waals surface area contributed by atoms with Crippen molar-refractivity contribution in [3.63, 3.8) is 0 Å². The normalized spacial score (nSPS) is 17.0. The molecule has 1 amide bonds. The average Bonchev–Trinajstić information content (AvgIpc) is 3.28. The summed E-state index contributed by atoms with van der Waals surface area (Å²) in [5, 5.41) is 0.688. The number of nitrogens with one attached hydrogen (secondary N) is 1. The molecule has 1 atom stereocenters. The van der Waals surface area contributed by atoms with Crippen LogP contribution < -0.4 is 4.74 Å². The number of aromatic nitrogens is 2. The van der Waals surface area contributed by atoms with E-state index in [9.17, 15) is 4.79 Å². The van der Waals surface area contributed by atoms with E-state index in [4.69, 9.17) is 16.3 Å². The maximum atomic E-state index is 12.7. The Labute approximate surface area is 156 Å². The number of H-pyrrole nitrogens is 1. The second-order valence-electron chi connectivity index (χ2n) is 6.58. The van der Waals surface area contributed by atoms with Crippen LogP contribution in [-0.4, -0.2) is 33.9 Å². The van der Waals surface area contributed by atoms with Crippen molar-refractivity contribution in [1.29, 1.82) is 0 Å². The minimum absolute atomic E-state index is 0.0117. The second-order valence-corrected chi connectivity index (χ2v) is 6.99. The van der Waals surface area contributed by atoms with Crippen molar-refractivity contribution >= 4 is 28.5 Å². The van der Waals surface area contributed by atoms with Crippen LogP contribution in [0, 0.1) is 6.92 Å². The molecule has 1 fully saturated rings. The third-order valence-corrected chi connectivity index (χ3v) is 5.21. The molecule has 1 aliphatic rings. The molecule has 3 aromatic rings. The van der Waals surface area contributed by atoms with Crippen molar-refractivity contribution in [2.75, 3.05) is 13.2 Å². The van der Waals surface area contributed by atoms with Crippen LogP contribution >= 0.6 is 11.6 Å². The standard InChI is InChI=1S/C20H20ClN3O2/c1-13-11-14(8-9-15(13)21)26-12-19(25)24-10-4-7-18(24)20-22-16-5-2-3-6-17(16)23-20/h2-3,5-6,8-9,11,18H,4,7,10,12H2,1H3,(H,22,23)/t18-/m0/s1. The number of likely N-dealkylation sites (tertiary alicyclic amines) is 1. The fourth-order valence-corrected chi connectivity index (χ4v) is 3.53. The number of hydrogen-bond donors (Lipinski definition) is 1. The van der Waals surface area contributed by atoms with Crippen molar-refractivity contribution in [3.8, 4) is 5.75 Å². The number of fused-ring (bicyclic) bond motifs is 1. The molecule has 1 aromatic heterocycles. The van der Waals surface area contributed by atoms with Crippen molar-refractivity contribution in [2.24, 2.45) is 0 Å². The van der Waals surface area contributed by atoms with E-state index >= 15 is 0 Å². The summed E-state index contributed by atoms with van der Waals surface area (Å²) < 4.78 is 5.68. The van der Waals surface area contributed by atoms with Gasteiger partial charge in [-0.2, -0.15) is 0 Å². The van der Waals surface area contributed by atoms with Gasteiger partial charge in [0.1, 0.15) is 11.6 Å². The molecule has 0 aliphatic carbocycles. The van der Waals surface area contributed by atoms with Crippen molar-refractivity contribution in [1.82, 2.24) is 14.9 Å². The lowest BCUT2D eigenvalue weighted by atomic mass is 10.2. The van der Waals surface area contributed by atoms with E-state index in [1.54, 1.807) is 12.1 Å². The number of rotatable bonds is 4. The molecule has 0 radical (unpaired) electrons. The Morgan fingerprint density at radius 2 is 2.19 bits per heavy atom. The first-order valence-electron chi connectivity index (χ1n) is 8.75. The van der Waals surface area contributed by atoms with Crippen LogP contribution in [0.5, 0.6) is 5.75 Å². The summed E-state index contributed by atoms with van der Waals surface area (Å²) in [6, 6.07) is 13.3. The molecule has 1 aliphatic heterocycles. The Balaban J connectivity index is 1.47. The number of carbonyl (C=O) groups excluding carboxylic acids is 1. The highest BCUT2D eigenvalue weighted by atomic mass is 35.5. The third kappa shape index (κ3) is 3.27. The molecule has 26 heavy (non-hydrogen) atoms. The first kappa shape index (κ1) is 16.9. The van der Waals surface area contributed by atoms with Crippen LogP contribution in [0.1, 0.15) is 30.3 Å². The molecule has 0 bridgehead atoms. The van der Waals surface area contributed by atoms with Crippen molar-refractivity contribution in [2.45, 2.75) is 25.8 Å². The molecule has 0 saturated carbocycles. The lowest BCUT2D eigenvalue weighted by molar-refractivity contribution is -0.134. The van der Waals surface area contributed by atoms with E-state index in [-0.39, 0.29) is 18.6 Å². The molecule has 6 heteroatoms. The number of ether oxygens (including phenoxy) is 1. The number of carbonyl (C=O) groups is 1. The maximum Gasteiger partial charge on any atom is 0.261 e. The number of imidazole rings is 1. The van der Waals surface area contributed by atoms with Gasteiger partial charge in [-0.1, -0.05) is 23.7 Å². The Morgan fingerprint density at radius 1 is 1.35 bits per heavy atom. The van der Waals surface area contributed by atoms with Gasteiger partial charge in [-0.15, -0.1) is 0 Å². The quantitative estimate of drug-likeness (QED) is 0.747.